The summed E-state index contributed by atoms with van der Waals surface area (Å²) in [4.78, 5) is 31.7. The Hall–Kier alpha value is -4.27. The van der Waals surface area contributed by atoms with Crippen molar-refractivity contribution in [1.29, 1.82) is 0 Å². The van der Waals surface area contributed by atoms with E-state index in [1.54, 1.807) is 14.0 Å². The van der Waals surface area contributed by atoms with Crippen LogP contribution in [0, 0.1) is 6.92 Å². The fourth-order valence-corrected chi connectivity index (χ4v) is 5.94. The smallest absolute Gasteiger partial charge is 0.222 e. The highest BCUT2D eigenvalue weighted by molar-refractivity contribution is 5.89. The molecule has 2 saturated heterocycles. The summed E-state index contributed by atoms with van der Waals surface area (Å²) in [6, 6.07) is 17.0. The second-order valence-electron chi connectivity index (χ2n) is 11.1. The van der Waals surface area contributed by atoms with E-state index in [0.717, 1.165) is 69.3 Å². The van der Waals surface area contributed by atoms with Gasteiger partial charge in [-0.2, -0.15) is 5.10 Å². The molecule has 2 fully saturated rings. The minimum Gasteiger partial charge on any atom is -0.495 e. The van der Waals surface area contributed by atoms with Crippen molar-refractivity contribution in [2.45, 2.75) is 41.0 Å². The number of fused-ring (bicyclic) bond motifs is 2. The number of aromatic nitrogens is 2. The third-order valence-corrected chi connectivity index (χ3v) is 8.45. The molecule has 0 unspecified atom stereocenters. The van der Waals surface area contributed by atoms with E-state index in [9.17, 15) is 9.59 Å². The molecule has 9 nitrogen and oxygen atoms in total. The SMILES string of the molecule is CC.CCC(=O)N1CCN(c2cc3c(cnn3C)cc2C)CC1.COc1cc2ccccc2cc1N1CCN(C(C)=O)CC1. The summed E-state index contributed by atoms with van der Waals surface area (Å²) in [6.07, 6.45) is 2.50. The maximum Gasteiger partial charge on any atom is 0.222 e. The first-order valence-corrected chi connectivity index (χ1v) is 15.8. The third-order valence-electron chi connectivity index (χ3n) is 8.45. The monoisotopic (exact) mass is 600 g/mol. The van der Waals surface area contributed by atoms with E-state index < -0.39 is 0 Å². The summed E-state index contributed by atoms with van der Waals surface area (Å²) in [7, 11) is 3.68. The number of anilines is 2. The van der Waals surface area contributed by atoms with Gasteiger partial charge in [0.1, 0.15) is 5.75 Å². The van der Waals surface area contributed by atoms with Crippen molar-refractivity contribution in [2.75, 3.05) is 69.3 Å². The van der Waals surface area contributed by atoms with Crippen molar-refractivity contribution < 1.29 is 14.3 Å². The molecule has 0 radical (unpaired) electrons. The summed E-state index contributed by atoms with van der Waals surface area (Å²) >= 11 is 0. The Bertz CT molecular complexity index is 1570. The normalized spacial score (nSPS) is 15.0. The minimum atomic E-state index is 0.153. The number of rotatable bonds is 4. The van der Waals surface area contributed by atoms with Gasteiger partial charge in [0.05, 0.1) is 24.5 Å². The second-order valence-corrected chi connectivity index (χ2v) is 11.1. The Labute approximate surface area is 262 Å². The maximum atomic E-state index is 11.8. The van der Waals surface area contributed by atoms with Gasteiger partial charge in [-0.15, -0.1) is 0 Å². The summed E-state index contributed by atoms with van der Waals surface area (Å²) in [5.41, 5.74) is 4.79. The zero-order chi connectivity index (χ0) is 31.8. The van der Waals surface area contributed by atoms with Gasteiger partial charge in [0.25, 0.3) is 0 Å². The van der Waals surface area contributed by atoms with Crippen LogP contribution >= 0.6 is 0 Å². The van der Waals surface area contributed by atoms with E-state index in [2.05, 4.69) is 58.2 Å². The highest BCUT2D eigenvalue weighted by Gasteiger charge is 2.23. The molecule has 0 spiro atoms. The molecule has 0 atom stereocenters. The molecule has 2 aliphatic heterocycles. The van der Waals surface area contributed by atoms with E-state index in [-0.39, 0.29) is 11.8 Å². The van der Waals surface area contributed by atoms with Crippen molar-refractivity contribution in [3.05, 3.63) is 60.3 Å². The van der Waals surface area contributed by atoms with Crippen LogP contribution in [0.4, 0.5) is 11.4 Å². The van der Waals surface area contributed by atoms with Gasteiger partial charge in [0.2, 0.25) is 11.8 Å². The summed E-state index contributed by atoms with van der Waals surface area (Å²) in [5, 5.41) is 7.89. The molecule has 2 aliphatic rings. The number of carbonyl (C=O) groups excluding carboxylic acids is 2. The molecule has 236 valence electrons. The number of piperazine rings is 2. The topological polar surface area (TPSA) is 74.2 Å². The minimum absolute atomic E-state index is 0.153. The van der Waals surface area contributed by atoms with Crippen LogP contribution in [-0.4, -0.2) is 90.9 Å². The number of carbonyl (C=O) groups is 2. The molecule has 6 rings (SSSR count). The highest BCUT2D eigenvalue weighted by atomic mass is 16.5. The molecule has 3 aromatic carbocycles. The zero-order valence-electron chi connectivity index (χ0n) is 27.5. The summed E-state index contributed by atoms with van der Waals surface area (Å²) < 4.78 is 7.47. The zero-order valence-corrected chi connectivity index (χ0v) is 27.5. The number of aryl methyl sites for hydroxylation is 2. The first-order valence-electron chi connectivity index (χ1n) is 15.8. The molecular weight excluding hydrogens is 552 g/mol. The fraction of sp³-hybridized carbons (Fsp3) is 0.457. The largest absolute Gasteiger partial charge is 0.495 e. The van der Waals surface area contributed by atoms with E-state index in [0.29, 0.717) is 6.42 Å². The summed E-state index contributed by atoms with van der Waals surface area (Å²) in [6.45, 7) is 16.4. The van der Waals surface area contributed by atoms with E-state index in [1.165, 1.54) is 27.4 Å². The molecule has 0 bridgehead atoms. The number of methoxy groups -OCH3 is 1. The Kier molecular flexibility index (Phi) is 11.1. The molecule has 9 heteroatoms. The molecule has 0 aliphatic carbocycles. The number of amides is 2. The van der Waals surface area contributed by atoms with Crippen molar-refractivity contribution in [1.82, 2.24) is 19.6 Å². The Morgan fingerprint density at radius 1 is 0.795 bits per heavy atom. The number of hydrogen-bond donors (Lipinski definition) is 0. The van der Waals surface area contributed by atoms with Gasteiger partial charge in [0.15, 0.2) is 0 Å². The van der Waals surface area contributed by atoms with Crippen LogP contribution < -0.4 is 14.5 Å². The van der Waals surface area contributed by atoms with Crippen LogP contribution in [0.5, 0.6) is 5.75 Å². The number of hydrogen-bond acceptors (Lipinski definition) is 6. The molecular formula is C35H48N6O3. The first-order chi connectivity index (χ1) is 21.3. The molecule has 0 saturated carbocycles. The number of nitrogens with zero attached hydrogens (tertiary/aromatic N) is 6. The maximum absolute atomic E-state index is 11.8. The van der Waals surface area contributed by atoms with Gasteiger partial charge in [-0.05, 0) is 47.5 Å². The van der Waals surface area contributed by atoms with Crippen LogP contribution in [-0.2, 0) is 16.6 Å². The van der Waals surface area contributed by atoms with Gasteiger partial charge >= 0.3 is 0 Å². The summed E-state index contributed by atoms with van der Waals surface area (Å²) in [5.74, 6) is 1.30. The molecule has 1 aromatic heterocycles. The number of benzene rings is 3. The van der Waals surface area contributed by atoms with Gasteiger partial charge in [0, 0.05) is 83.8 Å². The lowest BCUT2D eigenvalue weighted by Gasteiger charge is -2.36. The van der Waals surface area contributed by atoms with Crippen LogP contribution in [0.15, 0.2) is 54.7 Å². The fourth-order valence-electron chi connectivity index (χ4n) is 5.94. The molecule has 44 heavy (non-hydrogen) atoms. The van der Waals surface area contributed by atoms with Crippen LogP contribution in [0.3, 0.4) is 0 Å². The van der Waals surface area contributed by atoms with Crippen LogP contribution in [0.1, 0.15) is 39.7 Å². The molecule has 0 N–H and O–H groups in total. The van der Waals surface area contributed by atoms with E-state index >= 15 is 0 Å². The Balaban J connectivity index is 0.000000190. The second kappa shape index (κ2) is 14.9. The quantitative estimate of drug-likeness (QED) is 0.309. The van der Waals surface area contributed by atoms with Gasteiger partial charge in [-0.3, -0.25) is 14.3 Å². The Morgan fingerprint density at radius 3 is 1.93 bits per heavy atom. The van der Waals surface area contributed by atoms with Gasteiger partial charge in [-0.25, -0.2) is 0 Å². The lowest BCUT2D eigenvalue weighted by atomic mass is 10.1. The molecule has 2 amide bonds. The van der Waals surface area contributed by atoms with Gasteiger partial charge in [-0.1, -0.05) is 45.0 Å². The van der Waals surface area contributed by atoms with Crippen LogP contribution in [0.2, 0.25) is 0 Å². The van der Waals surface area contributed by atoms with Crippen LogP contribution in [0.25, 0.3) is 21.7 Å². The number of ether oxygens (including phenoxy) is 1. The molecule has 3 heterocycles. The standard InChI is InChI=1S/C17H20N2O2.C16H22N4O.C2H6/c1-13(20)18-7-9-19(10-8-18)16-11-14-5-3-4-6-15(14)12-17(16)21-2;1-4-16(21)20-7-5-19(6-8-20)14-10-15-13(9-12(14)2)11-17-18(15)3;1-2/h3-6,11-12H,7-10H2,1-2H3;9-11H,4-8H2,1-3H3;1-2H3. The highest BCUT2D eigenvalue weighted by Crippen LogP contribution is 2.34. The van der Waals surface area contributed by atoms with E-state index in [4.69, 9.17) is 4.74 Å². The Morgan fingerprint density at radius 2 is 1.36 bits per heavy atom. The lowest BCUT2D eigenvalue weighted by molar-refractivity contribution is -0.131. The van der Waals surface area contributed by atoms with Crippen molar-refractivity contribution in [2.24, 2.45) is 7.05 Å². The van der Waals surface area contributed by atoms with Gasteiger partial charge < -0.3 is 24.3 Å². The predicted molar refractivity (Wildman–Crippen MR) is 181 cm³/mol. The third kappa shape index (κ3) is 7.26. The average Bonchev–Trinajstić information content (AvgIpc) is 3.43. The molecule has 4 aromatic rings. The van der Waals surface area contributed by atoms with Crippen molar-refractivity contribution in [3.8, 4) is 5.75 Å². The van der Waals surface area contributed by atoms with Crippen molar-refractivity contribution in [3.63, 3.8) is 0 Å². The predicted octanol–water partition coefficient (Wildman–Crippen LogP) is 5.48. The lowest BCUT2D eigenvalue weighted by Crippen LogP contribution is -2.48. The van der Waals surface area contributed by atoms with Crippen molar-refractivity contribution >= 4 is 44.9 Å². The first kappa shape index (κ1) is 32.6. The average molecular weight is 601 g/mol. The van der Waals surface area contributed by atoms with E-state index in [1.807, 2.05) is 60.6 Å².